The largest absolute Gasteiger partial charge is 0.497 e. The summed E-state index contributed by atoms with van der Waals surface area (Å²) >= 11 is 0. The van der Waals surface area contributed by atoms with E-state index in [0.717, 1.165) is 22.6 Å². The van der Waals surface area contributed by atoms with Crippen LogP contribution < -0.4 is 10.1 Å². The summed E-state index contributed by atoms with van der Waals surface area (Å²) in [7, 11) is 1.65. The van der Waals surface area contributed by atoms with E-state index in [2.05, 4.69) is 5.32 Å². The topological polar surface area (TPSA) is 41.5 Å². The Morgan fingerprint density at radius 2 is 1.89 bits per heavy atom. The molecule has 2 aromatic rings. The van der Waals surface area contributed by atoms with Crippen molar-refractivity contribution < 1.29 is 9.84 Å². The van der Waals surface area contributed by atoms with Crippen LogP contribution in [0, 0.1) is 6.92 Å². The zero-order valence-corrected chi connectivity index (χ0v) is 11.3. The molecule has 0 bridgehead atoms. The molecule has 0 amide bonds. The molecule has 2 N–H and O–H groups in total. The molecule has 0 radical (unpaired) electrons. The van der Waals surface area contributed by atoms with Gasteiger partial charge in [0.1, 0.15) is 5.75 Å². The molecule has 0 saturated heterocycles. The summed E-state index contributed by atoms with van der Waals surface area (Å²) in [5.74, 6) is 0.839. The molecule has 1 unspecified atom stereocenters. The molecule has 0 aliphatic heterocycles. The van der Waals surface area contributed by atoms with Crippen LogP contribution in [0.3, 0.4) is 0 Å². The molecule has 100 valence electrons. The number of rotatable bonds is 5. The van der Waals surface area contributed by atoms with Crippen molar-refractivity contribution in [1.29, 1.82) is 0 Å². The van der Waals surface area contributed by atoms with E-state index in [9.17, 15) is 5.11 Å². The van der Waals surface area contributed by atoms with Gasteiger partial charge in [-0.3, -0.25) is 0 Å². The van der Waals surface area contributed by atoms with Crippen LogP contribution in [0.1, 0.15) is 17.2 Å². The lowest BCUT2D eigenvalue weighted by Gasteiger charge is -2.15. The van der Waals surface area contributed by atoms with Gasteiger partial charge in [0.25, 0.3) is 0 Å². The van der Waals surface area contributed by atoms with Crippen molar-refractivity contribution in [2.75, 3.05) is 19.0 Å². The number of anilines is 1. The van der Waals surface area contributed by atoms with Crippen molar-refractivity contribution in [2.45, 2.75) is 13.0 Å². The summed E-state index contributed by atoms with van der Waals surface area (Å²) in [6, 6.07) is 15.5. The first-order valence-corrected chi connectivity index (χ1v) is 6.32. The molecule has 0 aliphatic carbocycles. The Balaban J connectivity index is 1.99. The maximum absolute atomic E-state index is 10.1. The summed E-state index contributed by atoms with van der Waals surface area (Å²) in [6.45, 7) is 2.50. The molecule has 1 atom stereocenters. The predicted molar refractivity (Wildman–Crippen MR) is 77.6 cm³/mol. The zero-order valence-electron chi connectivity index (χ0n) is 11.3. The third-order valence-electron chi connectivity index (χ3n) is 3.10. The zero-order chi connectivity index (χ0) is 13.7. The maximum Gasteiger partial charge on any atom is 0.119 e. The first kappa shape index (κ1) is 13.4. The van der Waals surface area contributed by atoms with Crippen LogP contribution in [0.4, 0.5) is 5.69 Å². The van der Waals surface area contributed by atoms with Crippen molar-refractivity contribution in [3.8, 4) is 5.75 Å². The van der Waals surface area contributed by atoms with Crippen molar-refractivity contribution in [3.63, 3.8) is 0 Å². The molecule has 0 saturated carbocycles. The van der Waals surface area contributed by atoms with Gasteiger partial charge in [-0.2, -0.15) is 0 Å². The van der Waals surface area contributed by atoms with Crippen molar-refractivity contribution in [2.24, 2.45) is 0 Å². The number of methoxy groups -OCH3 is 1. The van der Waals surface area contributed by atoms with E-state index < -0.39 is 6.10 Å². The Hall–Kier alpha value is -2.00. The highest BCUT2D eigenvalue weighted by Gasteiger charge is 2.07. The van der Waals surface area contributed by atoms with E-state index in [4.69, 9.17) is 4.74 Å². The van der Waals surface area contributed by atoms with E-state index in [1.165, 1.54) is 0 Å². The second-order valence-electron chi connectivity index (χ2n) is 4.49. The monoisotopic (exact) mass is 257 g/mol. The minimum Gasteiger partial charge on any atom is -0.497 e. The van der Waals surface area contributed by atoms with E-state index in [1.807, 2.05) is 55.5 Å². The molecular weight excluding hydrogens is 238 g/mol. The Labute approximate surface area is 113 Å². The fraction of sp³-hybridized carbons (Fsp3) is 0.250. The Morgan fingerprint density at radius 3 is 2.53 bits per heavy atom. The Morgan fingerprint density at radius 1 is 1.16 bits per heavy atom. The van der Waals surface area contributed by atoms with Gasteiger partial charge < -0.3 is 15.2 Å². The minimum absolute atomic E-state index is 0.483. The summed E-state index contributed by atoms with van der Waals surface area (Å²) in [4.78, 5) is 0. The molecular formula is C16H19NO2. The van der Waals surface area contributed by atoms with Gasteiger partial charge in [-0.1, -0.05) is 30.3 Å². The van der Waals surface area contributed by atoms with Crippen molar-refractivity contribution in [1.82, 2.24) is 0 Å². The number of hydrogen-bond donors (Lipinski definition) is 2. The Kier molecular flexibility index (Phi) is 4.42. The van der Waals surface area contributed by atoms with Crippen LogP contribution in [-0.2, 0) is 0 Å². The van der Waals surface area contributed by atoms with E-state index in [1.54, 1.807) is 7.11 Å². The lowest BCUT2D eigenvalue weighted by Crippen LogP contribution is -2.12. The highest BCUT2D eigenvalue weighted by molar-refractivity contribution is 5.53. The van der Waals surface area contributed by atoms with Crippen LogP contribution >= 0.6 is 0 Å². The van der Waals surface area contributed by atoms with Crippen LogP contribution in [0.2, 0.25) is 0 Å². The number of benzene rings is 2. The average molecular weight is 257 g/mol. The van der Waals surface area contributed by atoms with Gasteiger partial charge in [0.15, 0.2) is 0 Å². The third-order valence-corrected chi connectivity index (χ3v) is 3.10. The standard InChI is InChI=1S/C16H19NO2/c1-12-10-14(19-2)8-9-15(12)17-11-16(18)13-6-4-3-5-7-13/h3-10,16-18H,11H2,1-2H3. The second kappa shape index (κ2) is 6.25. The predicted octanol–water partition coefficient (Wildman–Crippen LogP) is 3.15. The van der Waals surface area contributed by atoms with Gasteiger partial charge in [-0.25, -0.2) is 0 Å². The molecule has 19 heavy (non-hydrogen) atoms. The molecule has 0 spiro atoms. The first-order chi connectivity index (χ1) is 9.20. The summed E-state index contributed by atoms with van der Waals surface area (Å²) in [5, 5.41) is 13.3. The molecule has 2 aromatic carbocycles. The molecule has 3 nitrogen and oxygen atoms in total. The minimum atomic E-state index is -0.511. The van der Waals surface area contributed by atoms with Gasteiger partial charge in [-0.05, 0) is 36.2 Å². The molecule has 0 fully saturated rings. The van der Waals surface area contributed by atoms with E-state index in [0.29, 0.717) is 6.54 Å². The normalized spacial score (nSPS) is 11.9. The average Bonchev–Trinajstić information content (AvgIpc) is 2.46. The van der Waals surface area contributed by atoms with Gasteiger partial charge in [0.05, 0.1) is 13.2 Å². The van der Waals surface area contributed by atoms with Crippen LogP contribution in [0.25, 0.3) is 0 Å². The second-order valence-corrected chi connectivity index (χ2v) is 4.49. The summed E-state index contributed by atoms with van der Waals surface area (Å²) in [5.41, 5.74) is 3.02. The van der Waals surface area contributed by atoms with Crippen molar-refractivity contribution in [3.05, 3.63) is 59.7 Å². The molecule has 0 aromatic heterocycles. The fourth-order valence-electron chi connectivity index (χ4n) is 1.96. The molecule has 3 heteroatoms. The number of aryl methyl sites for hydroxylation is 1. The van der Waals surface area contributed by atoms with E-state index >= 15 is 0 Å². The summed E-state index contributed by atoms with van der Waals surface area (Å²) < 4.78 is 5.17. The number of aliphatic hydroxyl groups is 1. The smallest absolute Gasteiger partial charge is 0.119 e. The van der Waals surface area contributed by atoms with Gasteiger partial charge in [0, 0.05) is 12.2 Å². The number of aliphatic hydroxyl groups excluding tert-OH is 1. The number of nitrogens with one attached hydrogen (secondary N) is 1. The third kappa shape index (κ3) is 3.48. The Bertz CT molecular complexity index is 526. The van der Waals surface area contributed by atoms with Gasteiger partial charge >= 0.3 is 0 Å². The SMILES string of the molecule is COc1ccc(NCC(O)c2ccccc2)c(C)c1. The van der Waals surface area contributed by atoms with Gasteiger partial charge in [-0.15, -0.1) is 0 Å². The molecule has 2 rings (SSSR count). The quantitative estimate of drug-likeness (QED) is 0.864. The maximum atomic E-state index is 10.1. The van der Waals surface area contributed by atoms with Crippen LogP contribution in [0.5, 0.6) is 5.75 Å². The number of hydrogen-bond acceptors (Lipinski definition) is 3. The first-order valence-electron chi connectivity index (χ1n) is 6.32. The summed E-state index contributed by atoms with van der Waals surface area (Å²) in [6.07, 6.45) is -0.511. The lowest BCUT2D eigenvalue weighted by atomic mass is 10.1. The van der Waals surface area contributed by atoms with Crippen LogP contribution in [0.15, 0.2) is 48.5 Å². The highest BCUT2D eigenvalue weighted by Crippen LogP contribution is 2.22. The van der Waals surface area contributed by atoms with Crippen molar-refractivity contribution >= 4 is 5.69 Å². The van der Waals surface area contributed by atoms with Gasteiger partial charge in [0.2, 0.25) is 0 Å². The van der Waals surface area contributed by atoms with E-state index in [-0.39, 0.29) is 0 Å². The highest BCUT2D eigenvalue weighted by atomic mass is 16.5. The lowest BCUT2D eigenvalue weighted by molar-refractivity contribution is 0.191. The number of ether oxygens (including phenoxy) is 1. The molecule has 0 aliphatic rings. The van der Waals surface area contributed by atoms with Crippen LogP contribution in [-0.4, -0.2) is 18.8 Å². The molecule has 0 heterocycles. The fourth-order valence-corrected chi connectivity index (χ4v) is 1.96.